The molecule has 1 aliphatic rings. The molecule has 0 bridgehead atoms. The molecule has 0 aromatic heterocycles. The third-order valence-electron chi connectivity index (χ3n) is 5.01. The zero-order valence-electron chi connectivity index (χ0n) is 16.4. The molecule has 144 valence electrons. The van der Waals surface area contributed by atoms with Gasteiger partial charge in [0.1, 0.15) is 5.75 Å². The summed E-state index contributed by atoms with van der Waals surface area (Å²) < 4.78 is 16.6. The summed E-state index contributed by atoms with van der Waals surface area (Å²) >= 11 is 0. The topological polar surface area (TPSA) is 48.0 Å². The van der Waals surface area contributed by atoms with Gasteiger partial charge in [0.05, 0.1) is 20.3 Å². The lowest BCUT2D eigenvalue weighted by molar-refractivity contribution is -0.138. The molecule has 27 heavy (non-hydrogen) atoms. The summed E-state index contributed by atoms with van der Waals surface area (Å²) in [6, 6.07) is 13.6. The third-order valence-corrected chi connectivity index (χ3v) is 5.01. The molecule has 1 fully saturated rings. The minimum atomic E-state index is -0.534. The molecule has 2 aromatic rings. The van der Waals surface area contributed by atoms with Crippen molar-refractivity contribution in [3.05, 3.63) is 53.6 Å². The van der Waals surface area contributed by atoms with Gasteiger partial charge < -0.3 is 19.1 Å². The zero-order valence-corrected chi connectivity index (χ0v) is 16.4. The lowest BCUT2D eigenvalue weighted by Crippen LogP contribution is -2.40. The van der Waals surface area contributed by atoms with Crippen LogP contribution < -0.4 is 14.2 Å². The van der Waals surface area contributed by atoms with E-state index in [0.29, 0.717) is 17.2 Å². The second-order valence-corrected chi connectivity index (χ2v) is 6.88. The second-order valence-electron chi connectivity index (χ2n) is 6.88. The Labute approximate surface area is 160 Å². The predicted octanol–water partition coefficient (Wildman–Crippen LogP) is 4.14. The standard InChI is InChI=1S/C22H27NO4/c1-15-7-10-18(11-8-15)27-16(2)22(24)23-13-5-6-19(23)17-9-12-20(25-3)21(14-17)26-4/h7-12,14,16,19H,5-6,13H2,1-4H3/t16-,19-/m1/s1. The maximum absolute atomic E-state index is 13.0. The number of likely N-dealkylation sites (tertiary alicyclic amines) is 1. The van der Waals surface area contributed by atoms with Crippen LogP contribution in [0.1, 0.15) is 36.9 Å². The average molecular weight is 369 g/mol. The van der Waals surface area contributed by atoms with Crippen LogP contribution in [0.3, 0.4) is 0 Å². The maximum Gasteiger partial charge on any atom is 0.263 e. The molecule has 0 aliphatic carbocycles. The van der Waals surface area contributed by atoms with Gasteiger partial charge in [-0.15, -0.1) is 0 Å². The van der Waals surface area contributed by atoms with E-state index in [1.165, 1.54) is 0 Å². The van der Waals surface area contributed by atoms with Crippen molar-refractivity contribution in [1.82, 2.24) is 4.90 Å². The monoisotopic (exact) mass is 369 g/mol. The van der Waals surface area contributed by atoms with Crippen molar-refractivity contribution in [3.8, 4) is 17.2 Å². The highest BCUT2D eigenvalue weighted by Gasteiger charge is 2.33. The number of methoxy groups -OCH3 is 2. The number of hydrogen-bond acceptors (Lipinski definition) is 4. The van der Waals surface area contributed by atoms with Gasteiger partial charge >= 0.3 is 0 Å². The predicted molar refractivity (Wildman–Crippen MR) is 105 cm³/mol. The molecule has 0 radical (unpaired) electrons. The molecular formula is C22H27NO4. The first kappa shape index (κ1) is 19.1. The van der Waals surface area contributed by atoms with Crippen LogP contribution in [0.25, 0.3) is 0 Å². The smallest absolute Gasteiger partial charge is 0.263 e. The summed E-state index contributed by atoms with van der Waals surface area (Å²) in [6.07, 6.45) is 1.37. The Bertz CT molecular complexity index is 787. The molecule has 5 nitrogen and oxygen atoms in total. The molecule has 3 rings (SSSR count). The summed E-state index contributed by atoms with van der Waals surface area (Å²) in [5, 5.41) is 0. The normalized spacial score (nSPS) is 17.5. The van der Waals surface area contributed by atoms with E-state index in [2.05, 4.69) is 0 Å². The fraction of sp³-hybridized carbons (Fsp3) is 0.409. The first-order valence-electron chi connectivity index (χ1n) is 9.29. The molecule has 2 atom stereocenters. The van der Waals surface area contributed by atoms with Crippen LogP contribution in [-0.2, 0) is 4.79 Å². The van der Waals surface area contributed by atoms with Gasteiger partial charge in [-0.2, -0.15) is 0 Å². The molecule has 0 unspecified atom stereocenters. The number of hydrogen-bond donors (Lipinski definition) is 0. The molecule has 1 heterocycles. The van der Waals surface area contributed by atoms with Crippen LogP contribution in [0.15, 0.2) is 42.5 Å². The molecule has 1 saturated heterocycles. The van der Waals surface area contributed by atoms with Gasteiger partial charge in [0.25, 0.3) is 5.91 Å². The third kappa shape index (κ3) is 4.18. The number of rotatable bonds is 6. The Balaban J connectivity index is 1.75. The Hall–Kier alpha value is -2.69. The van der Waals surface area contributed by atoms with E-state index < -0.39 is 6.10 Å². The fourth-order valence-corrected chi connectivity index (χ4v) is 3.54. The summed E-state index contributed by atoms with van der Waals surface area (Å²) in [5.41, 5.74) is 2.22. The van der Waals surface area contributed by atoms with Gasteiger partial charge in [-0.25, -0.2) is 0 Å². The van der Waals surface area contributed by atoms with Crippen LogP contribution in [0, 0.1) is 6.92 Å². The van der Waals surface area contributed by atoms with Crippen molar-refractivity contribution in [3.63, 3.8) is 0 Å². The molecule has 1 aliphatic heterocycles. The van der Waals surface area contributed by atoms with Crippen LogP contribution in [0.2, 0.25) is 0 Å². The first-order chi connectivity index (χ1) is 13.0. The lowest BCUT2D eigenvalue weighted by Gasteiger charge is -2.28. The van der Waals surface area contributed by atoms with Gasteiger partial charge in [0, 0.05) is 6.54 Å². The SMILES string of the molecule is COc1ccc([C@H]2CCCN2C(=O)[C@@H](C)Oc2ccc(C)cc2)cc1OC. The van der Waals surface area contributed by atoms with E-state index in [-0.39, 0.29) is 11.9 Å². The van der Waals surface area contributed by atoms with E-state index in [0.717, 1.165) is 30.5 Å². The quantitative estimate of drug-likeness (QED) is 0.768. The summed E-state index contributed by atoms with van der Waals surface area (Å²) in [4.78, 5) is 14.9. The van der Waals surface area contributed by atoms with Gasteiger partial charge in [0.15, 0.2) is 17.6 Å². The summed E-state index contributed by atoms with van der Waals surface area (Å²) in [6.45, 7) is 4.57. The number of nitrogens with zero attached hydrogens (tertiary/aromatic N) is 1. The molecule has 0 spiro atoms. The van der Waals surface area contributed by atoms with Crippen LogP contribution in [0.5, 0.6) is 17.2 Å². The Morgan fingerprint density at radius 3 is 2.44 bits per heavy atom. The highest BCUT2D eigenvalue weighted by Crippen LogP contribution is 2.37. The molecule has 0 saturated carbocycles. The largest absolute Gasteiger partial charge is 0.493 e. The zero-order chi connectivity index (χ0) is 19.4. The van der Waals surface area contributed by atoms with Crippen molar-refractivity contribution in [2.45, 2.75) is 38.8 Å². The number of aryl methyl sites for hydroxylation is 1. The maximum atomic E-state index is 13.0. The van der Waals surface area contributed by atoms with Crippen LogP contribution in [-0.4, -0.2) is 37.7 Å². The van der Waals surface area contributed by atoms with Crippen molar-refractivity contribution < 1.29 is 19.0 Å². The molecular weight excluding hydrogens is 342 g/mol. The van der Waals surface area contributed by atoms with Gasteiger partial charge in [-0.05, 0) is 56.5 Å². The molecule has 5 heteroatoms. The van der Waals surface area contributed by atoms with E-state index in [9.17, 15) is 4.79 Å². The molecule has 0 N–H and O–H groups in total. The molecule has 1 amide bonds. The van der Waals surface area contributed by atoms with E-state index >= 15 is 0 Å². The average Bonchev–Trinajstić information content (AvgIpc) is 3.18. The Kier molecular flexibility index (Phi) is 5.89. The van der Waals surface area contributed by atoms with Gasteiger partial charge in [-0.3, -0.25) is 4.79 Å². The van der Waals surface area contributed by atoms with E-state index in [1.807, 2.05) is 61.2 Å². The van der Waals surface area contributed by atoms with E-state index in [1.54, 1.807) is 14.2 Å². The number of carbonyl (C=O) groups is 1. The molecule has 2 aromatic carbocycles. The Morgan fingerprint density at radius 1 is 1.07 bits per heavy atom. The van der Waals surface area contributed by atoms with E-state index in [4.69, 9.17) is 14.2 Å². The van der Waals surface area contributed by atoms with Crippen molar-refractivity contribution >= 4 is 5.91 Å². The van der Waals surface area contributed by atoms with Crippen LogP contribution >= 0.6 is 0 Å². The Morgan fingerprint density at radius 2 is 1.78 bits per heavy atom. The highest BCUT2D eigenvalue weighted by atomic mass is 16.5. The summed E-state index contributed by atoms with van der Waals surface area (Å²) in [5.74, 6) is 2.09. The minimum Gasteiger partial charge on any atom is -0.493 e. The first-order valence-corrected chi connectivity index (χ1v) is 9.29. The van der Waals surface area contributed by atoms with Gasteiger partial charge in [-0.1, -0.05) is 23.8 Å². The van der Waals surface area contributed by atoms with Gasteiger partial charge in [0.2, 0.25) is 0 Å². The number of carbonyl (C=O) groups excluding carboxylic acids is 1. The fourth-order valence-electron chi connectivity index (χ4n) is 3.54. The highest BCUT2D eigenvalue weighted by molar-refractivity contribution is 5.81. The second kappa shape index (κ2) is 8.33. The number of ether oxygens (including phenoxy) is 3. The minimum absolute atomic E-state index is 0.00728. The summed E-state index contributed by atoms with van der Waals surface area (Å²) in [7, 11) is 3.24. The number of benzene rings is 2. The van der Waals surface area contributed by atoms with Crippen molar-refractivity contribution in [2.24, 2.45) is 0 Å². The van der Waals surface area contributed by atoms with Crippen molar-refractivity contribution in [2.75, 3.05) is 20.8 Å². The number of amides is 1. The van der Waals surface area contributed by atoms with Crippen molar-refractivity contribution in [1.29, 1.82) is 0 Å². The lowest BCUT2D eigenvalue weighted by atomic mass is 10.0. The van der Waals surface area contributed by atoms with Crippen LogP contribution in [0.4, 0.5) is 0 Å².